The number of ether oxygens (including phenoxy) is 1. The second kappa shape index (κ2) is 5.48. The van der Waals surface area contributed by atoms with Crippen molar-refractivity contribution in [2.24, 2.45) is 24.3 Å². The Morgan fingerprint density at radius 2 is 2.13 bits per heavy atom. The summed E-state index contributed by atoms with van der Waals surface area (Å²) in [4.78, 5) is 16.6. The lowest BCUT2D eigenvalue weighted by molar-refractivity contribution is -0.152. The topological polar surface area (TPSA) is 44.1 Å². The molecule has 0 saturated heterocycles. The minimum atomic E-state index is -0.0952. The van der Waals surface area contributed by atoms with Gasteiger partial charge in [0.15, 0.2) is 0 Å². The molecule has 5 rings (SSSR count). The molecule has 0 amide bonds. The minimum absolute atomic E-state index is 0.0952. The number of carbonyl (C=O) groups excluding carboxylic acids is 1. The number of esters is 1. The van der Waals surface area contributed by atoms with E-state index in [2.05, 4.69) is 20.9 Å². The lowest BCUT2D eigenvalue weighted by Crippen LogP contribution is -2.53. The smallest absolute Gasteiger partial charge is 0.306 e. The van der Waals surface area contributed by atoms with Gasteiger partial charge in [0.25, 0.3) is 0 Å². The molecule has 126 valence electrons. The molecule has 0 N–H and O–H groups in total. The zero-order valence-corrected chi connectivity index (χ0v) is 15.7. The van der Waals surface area contributed by atoms with Crippen LogP contribution in [0.1, 0.15) is 50.8 Å². The van der Waals surface area contributed by atoms with Crippen molar-refractivity contribution < 1.29 is 9.53 Å². The number of hydrogen-bond acceptors (Lipinski definition) is 3. The highest BCUT2D eigenvalue weighted by atomic mass is 79.9. The summed E-state index contributed by atoms with van der Waals surface area (Å²) < 4.78 is 7.52. The molecule has 0 aliphatic heterocycles. The predicted molar refractivity (Wildman–Crippen MR) is 91.4 cm³/mol. The zero-order valence-electron chi connectivity index (χ0n) is 13.4. The number of hydrogen-bond donors (Lipinski definition) is 0. The van der Waals surface area contributed by atoms with Gasteiger partial charge < -0.3 is 9.30 Å². The van der Waals surface area contributed by atoms with Crippen molar-refractivity contribution in [3.63, 3.8) is 0 Å². The molecule has 4 bridgehead atoms. The molecule has 1 aromatic heterocycles. The molecule has 0 spiro atoms. The molecule has 23 heavy (non-hydrogen) atoms. The third kappa shape index (κ3) is 2.95. The van der Waals surface area contributed by atoms with Crippen LogP contribution in [0.15, 0.2) is 6.20 Å². The standard InChI is InChI=1S/C17H22BrClN2O2/c1-21-13(19)8-20-14(21)9-23-15(22)7-16-3-11-2-12(4-16)6-17(18,5-11)10-16/h8,11-12H,2-7,9-10H2,1H3/t11-,12-,16?,17?/m1/s1. The first-order chi connectivity index (χ1) is 10.9. The number of imidazole rings is 1. The number of nitrogens with zero attached hydrogens (tertiary/aromatic N) is 2. The molecule has 4 saturated carbocycles. The lowest BCUT2D eigenvalue weighted by atomic mass is 9.49. The summed E-state index contributed by atoms with van der Waals surface area (Å²) in [6, 6.07) is 0. The summed E-state index contributed by atoms with van der Waals surface area (Å²) in [5.41, 5.74) is 0.157. The van der Waals surface area contributed by atoms with Gasteiger partial charge in [0.2, 0.25) is 0 Å². The SMILES string of the molecule is Cn1c(Cl)cnc1COC(=O)CC12C[C@H]3C[C@@H](CC(Br)(C3)C1)C2. The normalized spacial score (nSPS) is 38.0. The van der Waals surface area contributed by atoms with E-state index >= 15 is 0 Å². The van der Waals surface area contributed by atoms with Gasteiger partial charge in [-0.15, -0.1) is 0 Å². The molecule has 1 heterocycles. The van der Waals surface area contributed by atoms with E-state index in [-0.39, 0.29) is 22.3 Å². The molecule has 2 atom stereocenters. The lowest BCUT2D eigenvalue weighted by Gasteiger charge is -2.60. The summed E-state index contributed by atoms with van der Waals surface area (Å²) in [6.07, 6.45) is 9.56. The summed E-state index contributed by atoms with van der Waals surface area (Å²) in [5.74, 6) is 2.17. The first-order valence-corrected chi connectivity index (χ1v) is 9.54. The molecule has 4 fully saturated rings. The van der Waals surface area contributed by atoms with Crippen LogP contribution in [0.4, 0.5) is 0 Å². The van der Waals surface area contributed by atoms with Gasteiger partial charge in [0.05, 0.1) is 12.6 Å². The second-order valence-electron chi connectivity index (χ2n) is 8.01. The van der Waals surface area contributed by atoms with Crippen LogP contribution in [-0.2, 0) is 23.2 Å². The molecule has 4 aliphatic rings. The van der Waals surface area contributed by atoms with E-state index in [1.165, 1.54) is 32.1 Å². The molecular formula is C17H22BrClN2O2. The minimum Gasteiger partial charge on any atom is -0.457 e. The molecule has 0 unspecified atom stereocenters. The van der Waals surface area contributed by atoms with Gasteiger partial charge in [0.1, 0.15) is 17.6 Å². The maximum absolute atomic E-state index is 12.4. The Hall–Kier alpha value is -0.550. The van der Waals surface area contributed by atoms with Gasteiger partial charge in [-0.2, -0.15) is 0 Å². The van der Waals surface area contributed by atoms with Gasteiger partial charge >= 0.3 is 5.97 Å². The Kier molecular flexibility index (Phi) is 3.80. The fourth-order valence-electron chi connectivity index (χ4n) is 5.60. The number of halogens is 2. The molecule has 6 heteroatoms. The third-order valence-electron chi connectivity index (χ3n) is 6.02. The summed E-state index contributed by atoms with van der Waals surface area (Å²) in [7, 11) is 1.83. The Balaban J connectivity index is 1.40. The number of alkyl halides is 1. The Morgan fingerprint density at radius 1 is 1.43 bits per heavy atom. The van der Waals surface area contributed by atoms with Crippen molar-refractivity contribution in [2.75, 3.05) is 0 Å². The van der Waals surface area contributed by atoms with Crippen LogP contribution in [0.5, 0.6) is 0 Å². The van der Waals surface area contributed by atoms with E-state index in [4.69, 9.17) is 16.3 Å². The van der Waals surface area contributed by atoms with Gasteiger partial charge in [-0.3, -0.25) is 4.79 Å². The van der Waals surface area contributed by atoms with Crippen LogP contribution in [0.2, 0.25) is 5.15 Å². The van der Waals surface area contributed by atoms with Gasteiger partial charge in [-0.05, 0) is 55.8 Å². The average molecular weight is 402 g/mol. The molecule has 0 aromatic carbocycles. The van der Waals surface area contributed by atoms with Crippen molar-refractivity contribution >= 4 is 33.5 Å². The highest BCUT2D eigenvalue weighted by molar-refractivity contribution is 9.10. The van der Waals surface area contributed by atoms with Crippen LogP contribution >= 0.6 is 27.5 Å². The first-order valence-electron chi connectivity index (χ1n) is 8.37. The van der Waals surface area contributed by atoms with Crippen LogP contribution in [0.25, 0.3) is 0 Å². The highest BCUT2D eigenvalue weighted by Gasteiger charge is 2.57. The number of carbonyl (C=O) groups is 1. The molecule has 0 radical (unpaired) electrons. The van der Waals surface area contributed by atoms with Gasteiger partial charge in [-0.1, -0.05) is 27.5 Å². The van der Waals surface area contributed by atoms with Crippen molar-refractivity contribution in [2.45, 2.75) is 55.9 Å². The van der Waals surface area contributed by atoms with Crippen LogP contribution in [0.3, 0.4) is 0 Å². The van der Waals surface area contributed by atoms with E-state index in [0.29, 0.717) is 17.4 Å². The van der Waals surface area contributed by atoms with Gasteiger partial charge in [0, 0.05) is 11.4 Å². The fourth-order valence-corrected chi connectivity index (χ4v) is 7.26. The monoisotopic (exact) mass is 400 g/mol. The van der Waals surface area contributed by atoms with Crippen molar-refractivity contribution in [1.29, 1.82) is 0 Å². The number of rotatable bonds is 4. The molecular weight excluding hydrogens is 380 g/mol. The third-order valence-corrected chi connectivity index (χ3v) is 7.30. The molecule has 4 aliphatic carbocycles. The van der Waals surface area contributed by atoms with Crippen LogP contribution < -0.4 is 0 Å². The first kappa shape index (κ1) is 15.9. The molecule has 4 nitrogen and oxygen atoms in total. The van der Waals surface area contributed by atoms with E-state index in [0.717, 1.165) is 18.3 Å². The summed E-state index contributed by atoms with van der Waals surface area (Å²) in [6.45, 7) is 0.199. The maximum Gasteiger partial charge on any atom is 0.306 e. The quantitative estimate of drug-likeness (QED) is 0.560. The second-order valence-corrected chi connectivity index (χ2v) is 10.1. The van der Waals surface area contributed by atoms with E-state index < -0.39 is 0 Å². The fraction of sp³-hybridized carbons (Fsp3) is 0.765. The van der Waals surface area contributed by atoms with E-state index in [1.54, 1.807) is 10.8 Å². The van der Waals surface area contributed by atoms with Crippen molar-refractivity contribution in [3.05, 3.63) is 17.2 Å². The highest BCUT2D eigenvalue weighted by Crippen LogP contribution is 2.65. The number of aromatic nitrogens is 2. The van der Waals surface area contributed by atoms with E-state index in [1.807, 2.05) is 7.05 Å². The van der Waals surface area contributed by atoms with E-state index in [9.17, 15) is 4.79 Å². The van der Waals surface area contributed by atoms with Crippen molar-refractivity contribution in [1.82, 2.24) is 9.55 Å². The van der Waals surface area contributed by atoms with Crippen LogP contribution in [0, 0.1) is 17.3 Å². The Morgan fingerprint density at radius 3 is 2.70 bits per heavy atom. The predicted octanol–water partition coefficient (Wildman–Crippen LogP) is 4.24. The summed E-state index contributed by atoms with van der Waals surface area (Å²) >= 11 is 9.95. The van der Waals surface area contributed by atoms with Crippen LogP contribution in [-0.4, -0.2) is 19.8 Å². The Bertz CT molecular complexity index is 631. The maximum atomic E-state index is 12.4. The van der Waals surface area contributed by atoms with Crippen molar-refractivity contribution in [3.8, 4) is 0 Å². The zero-order chi connectivity index (χ0) is 16.2. The summed E-state index contributed by atoms with van der Waals surface area (Å²) in [5, 5.41) is 0.554. The largest absolute Gasteiger partial charge is 0.457 e. The Labute approximate surface area is 150 Å². The average Bonchev–Trinajstić information content (AvgIpc) is 2.73. The molecule has 1 aromatic rings. The van der Waals surface area contributed by atoms with Gasteiger partial charge in [-0.25, -0.2) is 4.98 Å².